The van der Waals surface area contributed by atoms with Crippen molar-refractivity contribution in [3.05, 3.63) is 40.1 Å². The van der Waals surface area contributed by atoms with Crippen LogP contribution in [0.4, 0.5) is 0 Å². The van der Waals surface area contributed by atoms with Gasteiger partial charge in [-0.05, 0) is 34.9 Å². The quantitative estimate of drug-likeness (QED) is 0.675. The summed E-state index contributed by atoms with van der Waals surface area (Å²) < 4.78 is 0. The summed E-state index contributed by atoms with van der Waals surface area (Å²) in [6.45, 7) is 2.10. The zero-order valence-corrected chi connectivity index (χ0v) is 8.88. The lowest BCUT2D eigenvalue weighted by molar-refractivity contribution is -0.105. The van der Waals surface area contributed by atoms with E-state index in [0.717, 1.165) is 18.3 Å². The maximum Gasteiger partial charge on any atom is 0.146 e. The molecule has 0 spiro atoms. The lowest BCUT2D eigenvalue weighted by Gasteiger charge is -2.17. The van der Waals surface area contributed by atoms with Crippen molar-refractivity contribution >= 4 is 23.2 Å². The largest absolute Gasteiger partial charge is 0.298 e. The summed E-state index contributed by atoms with van der Waals surface area (Å²) in [5, 5.41) is 2.08. The number of carbonyl (C=O) groups is 1. The van der Waals surface area contributed by atoms with E-state index in [-0.39, 0.29) is 0 Å². The lowest BCUT2D eigenvalue weighted by atomic mass is 9.89. The molecule has 1 aliphatic carbocycles. The van der Waals surface area contributed by atoms with E-state index in [1.165, 1.54) is 10.5 Å². The first-order chi connectivity index (χ1) is 6.81. The first-order valence-electron chi connectivity index (χ1n) is 4.71. The molecule has 0 N–H and O–H groups in total. The average molecular weight is 204 g/mol. The molecular formula is C12H12OS. The van der Waals surface area contributed by atoms with Crippen LogP contribution in [0.2, 0.25) is 0 Å². The van der Waals surface area contributed by atoms with Gasteiger partial charge in [-0.3, -0.25) is 4.79 Å². The number of allylic oxidation sites excluding steroid dienone is 4. The van der Waals surface area contributed by atoms with Gasteiger partial charge in [0.1, 0.15) is 6.29 Å². The smallest absolute Gasteiger partial charge is 0.146 e. The monoisotopic (exact) mass is 204 g/mol. The Hall–Kier alpha value is -1.15. The van der Waals surface area contributed by atoms with E-state index in [1.807, 2.05) is 6.08 Å². The summed E-state index contributed by atoms with van der Waals surface area (Å²) in [4.78, 5) is 12.0. The van der Waals surface area contributed by atoms with Crippen molar-refractivity contribution in [2.75, 3.05) is 0 Å². The molecule has 0 bridgehead atoms. The Morgan fingerprint density at radius 3 is 2.93 bits per heavy atom. The summed E-state index contributed by atoms with van der Waals surface area (Å²) in [6.07, 6.45) is 5.95. The molecule has 2 heteroatoms. The van der Waals surface area contributed by atoms with E-state index in [0.29, 0.717) is 5.92 Å². The molecule has 1 atom stereocenters. The summed E-state index contributed by atoms with van der Waals surface area (Å²) in [7, 11) is 0. The molecule has 1 aromatic heterocycles. The molecule has 0 amide bonds. The molecule has 0 radical (unpaired) electrons. The van der Waals surface area contributed by atoms with Crippen molar-refractivity contribution in [1.82, 2.24) is 0 Å². The molecule has 0 aliphatic heterocycles. The van der Waals surface area contributed by atoms with E-state index in [2.05, 4.69) is 30.5 Å². The minimum Gasteiger partial charge on any atom is -0.298 e. The minimum absolute atomic E-state index is 0.356. The zero-order valence-electron chi connectivity index (χ0n) is 8.07. The van der Waals surface area contributed by atoms with Gasteiger partial charge >= 0.3 is 0 Å². The Labute approximate surface area is 87.8 Å². The van der Waals surface area contributed by atoms with E-state index < -0.39 is 0 Å². The van der Waals surface area contributed by atoms with Crippen LogP contribution in [0.15, 0.2) is 35.2 Å². The second-order valence-corrected chi connectivity index (χ2v) is 4.51. The van der Waals surface area contributed by atoms with Gasteiger partial charge in [0.2, 0.25) is 0 Å². The number of thiophene rings is 1. The Morgan fingerprint density at radius 1 is 1.50 bits per heavy atom. The number of aldehydes is 1. The van der Waals surface area contributed by atoms with Crippen LogP contribution in [0, 0.1) is 5.92 Å². The standard InChI is InChI=1S/C12H12OS/c1-9-7-10(4-5-11(9)8-13)12-3-2-6-14-12/h2-6,8-9H,7H2,1H3. The van der Waals surface area contributed by atoms with Crippen molar-refractivity contribution in [3.63, 3.8) is 0 Å². The number of rotatable bonds is 2. The van der Waals surface area contributed by atoms with Gasteiger partial charge in [-0.15, -0.1) is 11.3 Å². The highest BCUT2D eigenvalue weighted by molar-refractivity contribution is 7.11. The summed E-state index contributed by atoms with van der Waals surface area (Å²) in [6, 6.07) is 4.19. The molecule has 0 fully saturated rings. The van der Waals surface area contributed by atoms with Gasteiger partial charge in [0, 0.05) is 4.88 Å². The van der Waals surface area contributed by atoms with Gasteiger partial charge in [0.15, 0.2) is 0 Å². The molecule has 1 aliphatic rings. The SMILES string of the molecule is CC1CC(c2cccs2)=CC=C1C=O. The van der Waals surface area contributed by atoms with Crippen LogP contribution in [0.1, 0.15) is 18.2 Å². The number of hydrogen-bond acceptors (Lipinski definition) is 2. The molecule has 0 saturated carbocycles. The van der Waals surface area contributed by atoms with Crippen LogP contribution in [0.25, 0.3) is 5.57 Å². The predicted octanol–water partition coefficient (Wildman–Crippen LogP) is 3.30. The minimum atomic E-state index is 0.356. The molecule has 2 rings (SSSR count). The molecule has 1 nitrogen and oxygen atoms in total. The Morgan fingerprint density at radius 2 is 2.36 bits per heavy atom. The lowest BCUT2D eigenvalue weighted by Crippen LogP contribution is -2.05. The van der Waals surface area contributed by atoms with Crippen molar-refractivity contribution in [2.24, 2.45) is 5.92 Å². The van der Waals surface area contributed by atoms with E-state index in [9.17, 15) is 4.79 Å². The van der Waals surface area contributed by atoms with Crippen LogP contribution in [0.3, 0.4) is 0 Å². The Balaban J connectivity index is 2.29. The molecule has 14 heavy (non-hydrogen) atoms. The van der Waals surface area contributed by atoms with Crippen LogP contribution >= 0.6 is 11.3 Å². The first-order valence-corrected chi connectivity index (χ1v) is 5.59. The summed E-state index contributed by atoms with van der Waals surface area (Å²) in [5.41, 5.74) is 2.25. The van der Waals surface area contributed by atoms with Crippen molar-refractivity contribution in [1.29, 1.82) is 0 Å². The fraction of sp³-hybridized carbons (Fsp3) is 0.250. The van der Waals surface area contributed by atoms with Gasteiger partial charge in [0.05, 0.1) is 0 Å². The highest BCUT2D eigenvalue weighted by Crippen LogP contribution is 2.32. The van der Waals surface area contributed by atoms with Gasteiger partial charge in [-0.1, -0.05) is 25.1 Å². The molecule has 1 aromatic rings. The average Bonchev–Trinajstić information content (AvgIpc) is 2.70. The van der Waals surface area contributed by atoms with Gasteiger partial charge in [0.25, 0.3) is 0 Å². The highest BCUT2D eigenvalue weighted by Gasteiger charge is 2.15. The third-order valence-corrected chi connectivity index (χ3v) is 3.49. The molecule has 1 unspecified atom stereocenters. The van der Waals surface area contributed by atoms with Crippen LogP contribution in [0.5, 0.6) is 0 Å². The normalized spacial score (nSPS) is 21.4. The van der Waals surface area contributed by atoms with Crippen molar-refractivity contribution < 1.29 is 4.79 Å². The summed E-state index contributed by atoms with van der Waals surface area (Å²) >= 11 is 1.75. The number of carbonyl (C=O) groups excluding carboxylic acids is 1. The predicted molar refractivity (Wildman–Crippen MR) is 60.2 cm³/mol. The molecule has 72 valence electrons. The molecular weight excluding hydrogens is 192 g/mol. The van der Waals surface area contributed by atoms with Gasteiger partial charge < -0.3 is 0 Å². The Bertz CT molecular complexity index is 384. The molecule has 0 saturated heterocycles. The second-order valence-electron chi connectivity index (χ2n) is 3.56. The van der Waals surface area contributed by atoms with Crippen LogP contribution in [-0.4, -0.2) is 6.29 Å². The van der Waals surface area contributed by atoms with Gasteiger partial charge in [-0.25, -0.2) is 0 Å². The topological polar surface area (TPSA) is 17.1 Å². The zero-order chi connectivity index (χ0) is 9.97. The molecule has 1 heterocycles. The van der Waals surface area contributed by atoms with Crippen LogP contribution in [-0.2, 0) is 4.79 Å². The summed E-state index contributed by atoms with van der Waals surface area (Å²) in [5.74, 6) is 0.356. The third-order valence-electron chi connectivity index (χ3n) is 2.55. The second kappa shape index (κ2) is 3.93. The van der Waals surface area contributed by atoms with E-state index >= 15 is 0 Å². The fourth-order valence-electron chi connectivity index (χ4n) is 1.68. The third kappa shape index (κ3) is 1.70. The number of hydrogen-bond donors (Lipinski definition) is 0. The Kier molecular flexibility index (Phi) is 2.64. The fourth-order valence-corrected chi connectivity index (χ4v) is 2.44. The van der Waals surface area contributed by atoms with E-state index in [1.54, 1.807) is 11.3 Å². The van der Waals surface area contributed by atoms with Crippen molar-refractivity contribution in [2.45, 2.75) is 13.3 Å². The highest BCUT2D eigenvalue weighted by atomic mass is 32.1. The first kappa shape index (κ1) is 9.41. The maximum atomic E-state index is 10.7. The molecule has 0 aromatic carbocycles. The van der Waals surface area contributed by atoms with Gasteiger partial charge in [-0.2, -0.15) is 0 Å². The van der Waals surface area contributed by atoms with Crippen LogP contribution < -0.4 is 0 Å². The maximum absolute atomic E-state index is 10.7. The van der Waals surface area contributed by atoms with E-state index in [4.69, 9.17) is 0 Å². The van der Waals surface area contributed by atoms with Crippen molar-refractivity contribution in [3.8, 4) is 0 Å².